The highest BCUT2D eigenvalue weighted by molar-refractivity contribution is 7.86. The van der Waals surface area contributed by atoms with Gasteiger partial charge in [-0.15, -0.1) is 10.2 Å². The zero-order chi connectivity index (χ0) is 19.4. The molecule has 4 rings (SSSR count). The molecule has 0 radical (unpaired) electrons. The van der Waals surface area contributed by atoms with Gasteiger partial charge in [0.25, 0.3) is 10.2 Å². The van der Waals surface area contributed by atoms with E-state index >= 15 is 0 Å². The molecule has 2 fully saturated rings. The van der Waals surface area contributed by atoms with Crippen molar-refractivity contribution in [1.82, 2.24) is 23.7 Å². The second-order valence-corrected chi connectivity index (χ2v) is 8.87. The van der Waals surface area contributed by atoms with Gasteiger partial charge in [0.1, 0.15) is 0 Å². The summed E-state index contributed by atoms with van der Waals surface area (Å²) >= 11 is 0. The molecule has 0 amide bonds. The molecule has 0 bridgehead atoms. The summed E-state index contributed by atoms with van der Waals surface area (Å²) in [5.41, 5.74) is 1.12. The van der Waals surface area contributed by atoms with Gasteiger partial charge in [0.05, 0.1) is 26.2 Å². The van der Waals surface area contributed by atoms with Crippen LogP contribution in [0.5, 0.6) is 0 Å². The fourth-order valence-corrected chi connectivity index (χ4v) is 5.01. The Bertz CT molecular complexity index is 859. The van der Waals surface area contributed by atoms with Gasteiger partial charge in [0.2, 0.25) is 11.8 Å². The van der Waals surface area contributed by atoms with Crippen LogP contribution in [0.4, 0.5) is 0 Å². The first-order valence-corrected chi connectivity index (χ1v) is 10.9. The number of morpholine rings is 1. The third-order valence-electron chi connectivity index (χ3n) is 5.02. The summed E-state index contributed by atoms with van der Waals surface area (Å²) in [6.07, 6.45) is 0.611. The van der Waals surface area contributed by atoms with E-state index in [1.165, 1.54) is 4.31 Å². The van der Waals surface area contributed by atoms with Crippen LogP contribution in [0.15, 0.2) is 34.7 Å². The Hall–Kier alpha value is -1.85. The first-order valence-electron chi connectivity index (χ1n) is 9.52. The molecule has 2 aliphatic heterocycles. The predicted molar refractivity (Wildman–Crippen MR) is 102 cm³/mol. The summed E-state index contributed by atoms with van der Waals surface area (Å²) < 4.78 is 39.5. The molecule has 0 unspecified atom stereocenters. The molecule has 1 aromatic carbocycles. The Kier molecular flexibility index (Phi) is 6.02. The predicted octanol–water partition coefficient (Wildman–Crippen LogP) is 0.355. The SMILES string of the molecule is O=S(=O)(N1CCOCC1)N1CCN(Cc2nnc(Cc3ccccc3)o2)CC1. The second kappa shape index (κ2) is 8.66. The van der Waals surface area contributed by atoms with E-state index in [1.807, 2.05) is 30.3 Å². The van der Waals surface area contributed by atoms with Crippen LogP contribution in [0.25, 0.3) is 0 Å². The molecule has 0 saturated carbocycles. The fourth-order valence-electron chi connectivity index (χ4n) is 3.44. The molecule has 0 N–H and O–H groups in total. The van der Waals surface area contributed by atoms with E-state index in [-0.39, 0.29) is 0 Å². The molecule has 2 aliphatic rings. The lowest BCUT2D eigenvalue weighted by molar-refractivity contribution is 0.0682. The van der Waals surface area contributed by atoms with Crippen molar-refractivity contribution in [3.8, 4) is 0 Å². The summed E-state index contributed by atoms with van der Waals surface area (Å²) in [6.45, 7) is 4.51. The van der Waals surface area contributed by atoms with Crippen LogP contribution in [0.3, 0.4) is 0 Å². The van der Waals surface area contributed by atoms with Gasteiger partial charge in [-0.25, -0.2) is 0 Å². The number of benzene rings is 1. The minimum atomic E-state index is -3.40. The molecule has 152 valence electrons. The van der Waals surface area contributed by atoms with Crippen LogP contribution in [0, 0.1) is 0 Å². The molecule has 0 atom stereocenters. The Morgan fingerprint density at radius 3 is 2.21 bits per heavy atom. The maximum atomic E-state index is 12.7. The number of hydrogen-bond acceptors (Lipinski definition) is 7. The fraction of sp³-hybridized carbons (Fsp3) is 0.556. The second-order valence-electron chi connectivity index (χ2n) is 6.95. The van der Waals surface area contributed by atoms with E-state index in [4.69, 9.17) is 9.15 Å². The van der Waals surface area contributed by atoms with Gasteiger partial charge < -0.3 is 9.15 Å². The van der Waals surface area contributed by atoms with Gasteiger partial charge in [-0.05, 0) is 5.56 Å². The van der Waals surface area contributed by atoms with Gasteiger partial charge >= 0.3 is 0 Å². The average Bonchev–Trinajstić information content (AvgIpc) is 3.16. The molecule has 2 aromatic rings. The van der Waals surface area contributed by atoms with Gasteiger partial charge in [0, 0.05) is 39.3 Å². The van der Waals surface area contributed by atoms with Crippen molar-refractivity contribution in [2.24, 2.45) is 0 Å². The van der Waals surface area contributed by atoms with E-state index in [1.54, 1.807) is 4.31 Å². The summed E-state index contributed by atoms with van der Waals surface area (Å²) in [4.78, 5) is 2.14. The topological polar surface area (TPSA) is 92.0 Å². The standard InChI is InChI=1S/C18H25N5O4S/c24-28(25,23-10-12-26-13-11-23)22-8-6-21(7-9-22)15-18-20-19-17(27-18)14-16-4-2-1-3-5-16/h1-5H,6-15H2. The largest absolute Gasteiger partial charge is 0.424 e. The van der Waals surface area contributed by atoms with Crippen LogP contribution in [0.2, 0.25) is 0 Å². The average molecular weight is 407 g/mol. The number of ether oxygens (including phenoxy) is 1. The molecule has 28 heavy (non-hydrogen) atoms. The number of nitrogens with zero attached hydrogens (tertiary/aromatic N) is 5. The third kappa shape index (κ3) is 4.58. The molecular formula is C18H25N5O4S. The third-order valence-corrected chi connectivity index (χ3v) is 7.06. The highest BCUT2D eigenvalue weighted by Crippen LogP contribution is 2.16. The van der Waals surface area contributed by atoms with Crippen LogP contribution in [0.1, 0.15) is 17.3 Å². The van der Waals surface area contributed by atoms with Crippen molar-refractivity contribution in [2.75, 3.05) is 52.5 Å². The Balaban J connectivity index is 1.29. The van der Waals surface area contributed by atoms with Crippen molar-refractivity contribution in [3.05, 3.63) is 47.7 Å². The Labute approximate surface area is 165 Å². The molecule has 9 nitrogen and oxygen atoms in total. The van der Waals surface area contributed by atoms with Crippen LogP contribution >= 0.6 is 0 Å². The Morgan fingerprint density at radius 2 is 1.50 bits per heavy atom. The smallest absolute Gasteiger partial charge is 0.282 e. The molecule has 1 aromatic heterocycles. The van der Waals surface area contributed by atoms with Crippen molar-refractivity contribution in [3.63, 3.8) is 0 Å². The maximum absolute atomic E-state index is 12.7. The van der Waals surface area contributed by atoms with Crippen molar-refractivity contribution < 1.29 is 17.6 Å². The van der Waals surface area contributed by atoms with E-state index in [9.17, 15) is 8.42 Å². The summed E-state index contributed by atoms with van der Waals surface area (Å²) in [7, 11) is -3.40. The van der Waals surface area contributed by atoms with Crippen molar-refractivity contribution in [1.29, 1.82) is 0 Å². The van der Waals surface area contributed by atoms with Gasteiger partial charge in [-0.2, -0.15) is 17.0 Å². The minimum absolute atomic E-state index is 0.425. The zero-order valence-corrected chi connectivity index (χ0v) is 16.6. The summed E-state index contributed by atoms with van der Waals surface area (Å²) in [5, 5.41) is 8.26. The van der Waals surface area contributed by atoms with Crippen molar-refractivity contribution >= 4 is 10.2 Å². The lowest BCUT2D eigenvalue weighted by Crippen LogP contribution is -2.54. The maximum Gasteiger partial charge on any atom is 0.282 e. The van der Waals surface area contributed by atoms with Crippen LogP contribution in [-0.4, -0.2) is 84.6 Å². The molecule has 0 aliphatic carbocycles. The highest BCUT2D eigenvalue weighted by Gasteiger charge is 2.33. The molecule has 0 spiro atoms. The molecule has 10 heteroatoms. The Morgan fingerprint density at radius 1 is 0.857 bits per heavy atom. The molecular weight excluding hydrogens is 382 g/mol. The molecule has 3 heterocycles. The lowest BCUT2D eigenvalue weighted by atomic mass is 10.2. The van der Waals surface area contributed by atoms with E-state index in [2.05, 4.69) is 15.1 Å². The summed E-state index contributed by atoms with van der Waals surface area (Å²) in [6, 6.07) is 9.99. The highest BCUT2D eigenvalue weighted by atomic mass is 32.2. The number of piperazine rings is 1. The van der Waals surface area contributed by atoms with E-state index in [0.29, 0.717) is 77.2 Å². The monoisotopic (exact) mass is 407 g/mol. The van der Waals surface area contributed by atoms with E-state index < -0.39 is 10.2 Å². The molecule has 2 saturated heterocycles. The van der Waals surface area contributed by atoms with Gasteiger partial charge in [-0.3, -0.25) is 4.90 Å². The zero-order valence-electron chi connectivity index (χ0n) is 15.7. The summed E-state index contributed by atoms with van der Waals surface area (Å²) in [5.74, 6) is 1.16. The first-order chi connectivity index (χ1) is 13.6. The van der Waals surface area contributed by atoms with E-state index in [0.717, 1.165) is 5.56 Å². The van der Waals surface area contributed by atoms with Crippen LogP contribution < -0.4 is 0 Å². The first kappa shape index (κ1) is 19.5. The number of rotatable bonds is 6. The normalized spacial score (nSPS) is 20.4. The van der Waals surface area contributed by atoms with Crippen LogP contribution in [-0.2, 0) is 27.9 Å². The number of hydrogen-bond donors (Lipinski definition) is 0. The van der Waals surface area contributed by atoms with Gasteiger partial charge in [-0.1, -0.05) is 30.3 Å². The number of aromatic nitrogens is 2. The van der Waals surface area contributed by atoms with Crippen molar-refractivity contribution in [2.45, 2.75) is 13.0 Å². The quantitative estimate of drug-likeness (QED) is 0.682. The minimum Gasteiger partial charge on any atom is -0.424 e. The lowest BCUT2D eigenvalue weighted by Gasteiger charge is -2.37. The van der Waals surface area contributed by atoms with Gasteiger partial charge in [0.15, 0.2) is 0 Å².